The summed E-state index contributed by atoms with van der Waals surface area (Å²) in [7, 11) is 1.54. The topological polar surface area (TPSA) is 120 Å². The largest absolute Gasteiger partial charge is 0.495 e. The van der Waals surface area contributed by atoms with Crippen LogP contribution in [0.4, 0.5) is 17.1 Å². The molecule has 0 fully saturated rings. The Morgan fingerprint density at radius 1 is 1.06 bits per heavy atom. The van der Waals surface area contributed by atoms with E-state index in [1.807, 2.05) is 30.3 Å². The van der Waals surface area contributed by atoms with Crippen LogP contribution in [0.25, 0.3) is 0 Å². The second-order valence-electron chi connectivity index (χ2n) is 6.40. The number of rotatable bonds is 9. The molecule has 0 aliphatic carbocycles. The van der Waals surface area contributed by atoms with Gasteiger partial charge in [0, 0.05) is 40.7 Å². The number of nitrogens with two attached hydrogens (primary N) is 1. The Balaban J connectivity index is 1.95. The molecule has 3 aromatic carbocycles. The lowest BCUT2D eigenvalue weighted by Crippen LogP contribution is -2.19. The van der Waals surface area contributed by atoms with Crippen molar-refractivity contribution in [3.8, 4) is 5.75 Å². The van der Waals surface area contributed by atoms with Gasteiger partial charge in [0.25, 0.3) is 11.6 Å². The van der Waals surface area contributed by atoms with Gasteiger partial charge >= 0.3 is 0 Å². The van der Waals surface area contributed by atoms with Gasteiger partial charge < -0.3 is 21.1 Å². The monoisotopic (exact) mass is 438 g/mol. The lowest BCUT2D eigenvalue weighted by molar-refractivity contribution is -0.384. The summed E-state index contributed by atoms with van der Waals surface area (Å²) in [5.74, 6) is 0.238. The summed E-state index contributed by atoms with van der Waals surface area (Å²) in [6.07, 6.45) is 0. The first-order valence-electron chi connectivity index (χ1n) is 9.47. The van der Waals surface area contributed by atoms with Crippen molar-refractivity contribution in [2.75, 3.05) is 30.8 Å². The maximum absolute atomic E-state index is 13.3. The van der Waals surface area contributed by atoms with Crippen molar-refractivity contribution < 1.29 is 14.5 Å². The van der Waals surface area contributed by atoms with Crippen LogP contribution in [0.1, 0.15) is 10.4 Å². The van der Waals surface area contributed by atoms with Gasteiger partial charge in [-0.2, -0.15) is 0 Å². The summed E-state index contributed by atoms with van der Waals surface area (Å²) in [6.45, 7) is 0.911. The molecule has 31 heavy (non-hydrogen) atoms. The number of nitrogens with one attached hydrogen (secondary N) is 2. The Bertz CT molecular complexity index is 1070. The molecule has 1 amide bonds. The smallest absolute Gasteiger partial charge is 0.269 e. The zero-order chi connectivity index (χ0) is 22.2. The van der Waals surface area contributed by atoms with Gasteiger partial charge in [-0.1, -0.05) is 30.0 Å². The first-order valence-corrected chi connectivity index (χ1v) is 10.3. The molecule has 0 bridgehead atoms. The molecule has 0 aromatic heterocycles. The molecule has 3 rings (SSSR count). The maximum atomic E-state index is 13.3. The standard InChI is InChI=1S/C22H22N4O4S/c1-30-19-7-3-2-5-17(19)25-22(27)21-18(24-14-13-23)6-4-8-20(21)31-16-11-9-15(10-12-16)26(28)29/h2-12,24H,13-14,23H2,1H3,(H,25,27). The lowest BCUT2D eigenvalue weighted by atomic mass is 10.1. The summed E-state index contributed by atoms with van der Waals surface area (Å²) in [4.78, 5) is 25.2. The Morgan fingerprint density at radius 2 is 1.77 bits per heavy atom. The van der Waals surface area contributed by atoms with Crippen molar-refractivity contribution in [2.24, 2.45) is 5.73 Å². The van der Waals surface area contributed by atoms with E-state index in [9.17, 15) is 14.9 Å². The minimum absolute atomic E-state index is 0.0110. The summed E-state index contributed by atoms with van der Waals surface area (Å²) in [6, 6.07) is 18.8. The molecule has 0 atom stereocenters. The average Bonchev–Trinajstić information content (AvgIpc) is 2.78. The highest BCUT2D eigenvalue weighted by Gasteiger charge is 2.19. The summed E-state index contributed by atoms with van der Waals surface area (Å²) < 4.78 is 5.33. The van der Waals surface area contributed by atoms with Crippen LogP contribution in [-0.2, 0) is 0 Å². The molecule has 0 aliphatic heterocycles. The highest BCUT2D eigenvalue weighted by atomic mass is 32.2. The van der Waals surface area contributed by atoms with Gasteiger partial charge in [-0.25, -0.2) is 0 Å². The molecule has 0 heterocycles. The number of para-hydroxylation sites is 2. The fourth-order valence-corrected chi connectivity index (χ4v) is 3.88. The van der Waals surface area contributed by atoms with Crippen LogP contribution in [0, 0.1) is 10.1 Å². The molecule has 0 aliphatic rings. The maximum Gasteiger partial charge on any atom is 0.269 e. The van der Waals surface area contributed by atoms with E-state index >= 15 is 0 Å². The number of nitro benzene ring substituents is 1. The van der Waals surface area contributed by atoms with E-state index in [4.69, 9.17) is 10.5 Å². The van der Waals surface area contributed by atoms with E-state index < -0.39 is 4.92 Å². The van der Waals surface area contributed by atoms with Gasteiger partial charge in [0.05, 0.1) is 23.3 Å². The van der Waals surface area contributed by atoms with Gasteiger partial charge in [0.2, 0.25) is 0 Å². The van der Waals surface area contributed by atoms with Gasteiger partial charge in [-0.05, 0) is 36.4 Å². The van der Waals surface area contributed by atoms with Gasteiger partial charge in [0.15, 0.2) is 0 Å². The summed E-state index contributed by atoms with van der Waals surface area (Å²) in [5, 5.41) is 17.0. The number of anilines is 2. The lowest BCUT2D eigenvalue weighted by Gasteiger charge is -2.17. The van der Waals surface area contributed by atoms with Gasteiger partial charge in [-0.3, -0.25) is 14.9 Å². The van der Waals surface area contributed by atoms with E-state index in [0.717, 1.165) is 4.90 Å². The van der Waals surface area contributed by atoms with Crippen LogP contribution in [0.5, 0.6) is 5.75 Å². The Labute approximate surface area is 183 Å². The summed E-state index contributed by atoms with van der Waals surface area (Å²) in [5.41, 5.74) is 7.28. The molecule has 9 heteroatoms. The number of nitro groups is 1. The number of amides is 1. The zero-order valence-corrected chi connectivity index (χ0v) is 17.6. The predicted octanol–water partition coefficient (Wildman–Crippen LogP) is 4.38. The fourth-order valence-electron chi connectivity index (χ4n) is 2.90. The van der Waals surface area contributed by atoms with Crippen LogP contribution in [-0.4, -0.2) is 31.0 Å². The number of benzene rings is 3. The second kappa shape index (κ2) is 10.5. The van der Waals surface area contributed by atoms with E-state index in [1.54, 1.807) is 24.3 Å². The SMILES string of the molecule is COc1ccccc1NC(=O)c1c(NCCN)cccc1Sc1ccc([N+](=O)[O-])cc1. The molecule has 0 radical (unpaired) electrons. The Hall–Kier alpha value is -3.56. The number of ether oxygens (including phenoxy) is 1. The minimum Gasteiger partial charge on any atom is -0.495 e. The highest BCUT2D eigenvalue weighted by Crippen LogP contribution is 2.36. The molecule has 8 nitrogen and oxygen atoms in total. The number of non-ortho nitro benzene ring substituents is 1. The quantitative estimate of drug-likeness (QED) is 0.335. The third kappa shape index (κ3) is 5.53. The van der Waals surface area contributed by atoms with Crippen molar-refractivity contribution in [2.45, 2.75) is 9.79 Å². The molecule has 160 valence electrons. The third-order valence-corrected chi connectivity index (χ3v) is 5.41. The van der Waals surface area contributed by atoms with Gasteiger partial charge in [-0.15, -0.1) is 0 Å². The molecule has 0 saturated heterocycles. The second-order valence-corrected chi connectivity index (χ2v) is 7.52. The Morgan fingerprint density at radius 3 is 2.45 bits per heavy atom. The van der Waals surface area contributed by atoms with E-state index in [1.165, 1.54) is 31.0 Å². The molecule has 0 unspecified atom stereocenters. The normalized spacial score (nSPS) is 10.4. The average molecular weight is 439 g/mol. The van der Waals surface area contributed by atoms with Crippen molar-refractivity contribution in [3.05, 3.63) is 82.4 Å². The van der Waals surface area contributed by atoms with Crippen LogP contribution < -0.4 is 21.1 Å². The minimum atomic E-state index is -0.446. The number of carbonyl (C=O) groups excluding carboxylic acids is 1. The molecular formula is C22H22N4O4S. The van der Waals surface area contributed by atoms with Crippen LogP contribution in [0.3, 0.4) is 0 Å². The highest BCUT2D eigenvalue weighted by molar-refractivity contribution is 7.99. The van der Waals surface area contributed by atoms with Crippen LogP contribution >= 0.6 is 11.8 Å². The van der Waals surface area contributed by atoms with E-state index in [-0.39, 0.29) is 11.6 Å². The predicted molar refractivity (Wildman–Crippen MR) is 122 cm³/mol. The molecule has 4 N–H and O–H groups in total. The van der Waals surface area contributed by atoms with Crippen molar-refractivity contribution in [1.82, 2.24) is 0 Å². The fraction of sp³-hybridized carbons (Fsp3) is 0.136. The number of hydrogen-bond acceptors (Lipinski definition) is 7. The number of nitrogens with zero attached hydrogens (tertiary/aromatic N) is 1. The zero-order valence-electron chi connectivity index (χ0n) is 16.8. The van der Waals surface area contributed by atoms with E-state index in [2.05, 4.69) is 10.6 Å². The summed E-state index contributed by atoms with van der Waals surface area (Å²) >= 11 is 1.35. The van der Waals surface area contributed by atoms with Crippen molar-refractivity contribution in [1.29, 1.82) is 0 Å². The van der Waals surface area contributed by atoms with Gasteiger partial charge in [0.1, 0.15) is 5.75 Å². The first-order chi connectivity index (χ1) is 15.0. The molecule has 3 aromatic rings. The van der Waals surface area contributed by atoms with E-state index in [0.29, 0.717) is 40.7 Å². The van der Waals surface area contributed by atoms with Crippen LogP contribution in [0.2, 0.25) is 0 Å². The molecule has 0 spiro atoms. The molecule has 0 saturated carbocycles. The van der Waals surface area contributed by atoms with Crippen molar-refractivity contribution >= 4 is 34.7 Å². The molecular weight excluding hydrogens is 416 g/mol. The number of hydrogen-bond donors (Lipinski definition) is 3. The number of methoxy groups -OCH3 is 1. The first kappa shape index (κ1) is 22.1. The van der Waals surface area contributed by atoms with Crippen molar-refractivity contribution in [3.63, 3.8) is 0 Å². The third-order valence-electron chi connectivity index (χ3n) is 4.34. The van der Waals surface area contributed by atoms with Crippen LogP contribution in [0.15, 0.2) is 76.5 Å². The Kier molecular flexibility index (Phi) is 7.47. The number of carbonyl (C=O) groups is 1.